The number of hydrogen-bond donors (Lipinski definition) is 1. The highest BCUT2D eigenvalue weighted by Crippen LogP contribution is 2.22. The highest BCUT2D eigenvalue weighted by atomic mass is 79.9. The maximum absolute atomic E-state index is 12.1. The quantitative estimate of drug-likeness (QED) is 0.772. The van der Waals surface area contributed by atoms with Crippen molar-refractivity contribution in [2.24, 2.45) is 0 Å². The fourth-order valence-electron chi connectivity index (χ4n) is 2.09. The minimum atomic E-state index is -3.39. The first-order valence-electron chi connectivity index (χ1n) is 7.37. The summed E-state index contributed by atoms with van der Waals surface area (Å²) < 4.78 is 27.5. The summed E-state index contributed by atoms with van der Waals surface area (Å²) in [5, 5.41) is 0. The van der Waals surface area contributed by atoms with E-state index in [4.69, 9.17) is 0 Å². The third-order valence-electron chi connectivity index (χ3n) is 3.48. The van der Waals surface area contributed by atoms with Crippen LogP contribution in [0.15, 0.2) is 47.2 Å². The fourth-order valence-corrected chi connectivity index (χ4v) is 3.41. The molecule has 0 unspecified atom stereocenters. The van der Waals surface area contributed by atoms with Crippen LogP contribution in [0.1, 0.15) is 31.9 Å². The highest BCUT2D eigenvalue weighted by Gasteiger charge is 2.14. The molecule has 1 aromatic heterocycles. The molecule has 0 aliphatic carbocycles. The largest absolute Gasteiger partial charge is 0.282 e. The highest BCUT2D eigenvalue weighted by molar-refractivity contribution is 9.10. The van der Waals surface area contributed by atoms with Crippen LogP contribution in [-0.2, 0) is 21.9 Å². The topological polar surface area (TPSA) is 59.1 Å². The van der Waals surface area contributed by atoms with Gasteiger partial charge >= 0.3 is 0 Å². The summed E-state index contributed by atoms with van der Waals surface area (Å²) in [6.07, 6.45) is 1.96. The van der Waals surface area contributed by atoms with Crippen LogP contribution >= 0.6 is 15.9 Å². The van der Waals surface area contributed by atoms with E-state index in [1.165, 1.54) is 11.8 Å². The Labute approximate surface area is 146 Å². The molecule has 0 fully saturated rings. The number of aromatic nitrogens is 1. The Bertz CT molecular complexity index is 749. The lowest BCUT2D eigenvalue weighted by atomic mass is 9.86. The Morgan fingerprint density at radius 1 is 1.09 bits per heavy atom. The van der Waals surface area contributed by atoms with E-state index in [1.54, 1.807) is 12.1 Å². The molecule has 1 N–H and O–H groups in total. The number of nitrogens with zero attached hydrogens (tertiary/aromatic N) is 1. The maximum Gasteiger partial charge on any atom is 0.233 e. The molecule has 0 aliphatic heterocycles. The van der Waals surface area contributed by atoms with Crippen LogP contribution < -0.4 is 4.72 Å². The lowest BCUT2D eigenvalue weighted by molar-refractivity contribution is 0.589. The summed E-state index contributed by atoms with van der Waals surface area (Å²) in [6, 6.07) is 11.5. The summed E-state index contributed by atoms with van der Waals surface area (Å²) in [5.74, 6) is 0.0396. The lowest BCUT2D eigenvalue weighted by Crippen LogP contribution is -2.18. The molecular formula is C17H21BrN2O2S. The van der Waals surface area contributed by atoms with Gasteiger partial charge in [-0.15, -0.1) is 0 Å². The van der Waals surface area contributed by atoms with Gasteiger partial charge in [-0.05, 0) is 51.0 Å². The normalized spacial score (nSPS) is 12.2. The second kappa shape index (κ2) is 7.01. The summed E-state index contributed by atoms with van der Waals surface area (Å²) in [6.45, 7) is 6.47. The summed E-state index contributed by atoms with van der Waals surface area (Å²) >= 11 is 3.22. The molecule has 0 saturated carbocycles. The average molecular weight is 397 g/mol. The molecule has 1 heterocycles. The van der Waals surface area contributed by atoms with E-state index >= 15 is 0 Å². The van der Waals surface area contributed by atoms with E-state index in [-0.39, 0.29) is 11.2 Å². The van der Waals surface area contributed by atoms with E-state index in [0.717, 1.165) is 5.56 Å². The van der Waals surface area contributed by atoms with Gasteiger partial charge in [-0.2, -0.15) is 0 Å². The molecule has 2 aromatic rings. The molecule has 4 nitrogen and oxygen atoms in total. The van der Waals surface area contributed by atoms with E-state index in [1.807, 2.05) is 12.1 Å². The van der Waals surface area contributed by atoms with Crippen molar-refractivity contribution >= 4 is 31.6 Å². The maximum atomic E-state index is 12.1. The number of anilines is 1. The van der Waals surface area contributed by atoms with Crippen LogP contribution in [0.25, 0.3) is 0 Å². The van der Waals surface area contributed by atoms with Crippen molar-refractivity contribution < 1.29 is 8.42 Å². The van der Waals surface area contributed by atoms with Crippen LogP contribution in [-0.4, -0.2) is 19.2 Å². The van der Waals surface area contributed by atoms with E-state index < -0.39 is 10.0 Å². The fraction of sp³-hybridized carbons (Fsp3) is 0.353. The summed E-state index contributed by atoms with van der Waals surface area (Å²) in [4.78, 5) is 4.00. The molecule has 0 aliphatic rings. The van der Waals surface area contributed by atoms with Crippen molar-refractivity contribution in [3.63, 3.8) is 0 Å². The molecule has 2 rings (SSSR count). The van der Waals surface area contributed by atoms with Gasteiger partial charge in [0, 0.05) is 0 Å². The number of hydrogen-bond acceptors (Lipinski definition) is 3. The first-order valence-corrected chi connectivity index (χ1v) is 9.82. The van der Waals surface area contributed by atoms with Crippen LogP contribution in [0.3, 0.4) is 0 Å². The zero-order valence-electron chi connectivity index (χ0n) is 13.5. The minimum Gasteiger partial charge on any atom is -0.282 e. The van der Waals surface area contributed by atoms with Crippen molar-refractivity contribution in [1.29, 1.82) is 0 Å². The van der Waals surface area contributed by atoms with Crippen molar-refractivity contribution in [1.82, 2.24) is 4.98 Å². The molecule has 1 aromatic carbocycles. The minimum absolute atomic E-state index is 0.0396. The first-order chi connectivity index (χ1) is 10.7. The first kappa shape index (κ1) is 17.9. The molecular weight excluding hydrogens is 376 g/mol. The molecule has 0 spiro atoms. The van der Waals surface area contributed by atoms with Crippen molar-refractivity contribution in [3.8, 4) is 0 Å². The van der Waals surface area contributed by atoms with E-state index in [0.29, 0.717) is 16.7 Å². The molecule has 124 valence electrons. The number of aryl methyl sites for hydroxylation is 1. The Balaban J connectivity index is 1.97. The number of pyridine rings is 1. The van der Waals surface area contributed by atoms with E-state index in [2.05, 4.69) is 58.5 Å². The Morgan fingerprint density at radius 3 is 2.26 bits per heavy atom. The Morgan fingerprint density at radius 2 is 1.74 bits per heavy atom. The molecule has 0 atom stereocenters. The lowest BCUT2D eigenvalue weighted by Gasteiger charge is -2.19. The van der Waals surface area contributed by atoms with Crippen LogP contribution in [0.4, 0.5) is 5.69 Å². The standard InChI is InChI=1S/C17H21BrN2O2S/c1-17(2,3)14-6-4-13(5-7-14)10-11-23(21,22)20-15-8-9-16(18)19-12-15/h4-9,12,20H,10-11H2,1-3H3. The van der Waals surface area contributed by atoms with Crippen LogP contribution in [0.5, 0.6) is 0 Å². The third-order valence-corrected chi connectivity index (χ3v) is 5.24. The predicted molar refractivity (Wildman–Crippen MR) is 98.2 cm³/mol. The smallest absolute Gasteiger partial charge is 0.233 e. The zero-order chi connectivity index (χ0) is 17.1. The van der Waals surface area contributed by atoms with E-state index in [9.17, 15) is 8.42 Å². The third kappa shape index (κ3) is 5.62. The monoisotopic (exact) mass is 396 g/mol. The number of halogens is 1. The van der Waals surface area contributed by atoms with Gasteiger partial charge in [0.15, 0.2) is 0 Å². The molecule has 0 bridgehead atoms. The Kier molecular flexibility index (Phi) is 5.47. The number of sulfonamides is 1. The van der Waals surface area contributed by atoms with Gasteiger partial charge in [0.1, 0.15) is 4.60 Å². The van der Waals surface area contributed by atoms with Gasteiger partial charge < -0.3 is 0 Å². The molecule has 6 heteroatoms. The van der Waals surface area contributed by atoms with Crippen molar-refractivity contribution in [3.05, 3.63) is 58.3 Å². The second-order valence-electron chi connectivity index (χ2n) is 6.49. The predicted octanol–water partition coefficient (Wildman–Crippen LogP) is 4.13. The van der Waals surface area contributed by atoms with Gasteiger partial charge in [-0.1, -0.05) is 45.0 Å². The summed E-state index contributed by atoms with van der Waals surface area (Å²) in [7, 11) is -3.39. The SMILES string of the molecule is CC(C)(C)c1ccc(CCS(=O)(=O)Nc2ccc(Br)nc2)cc1. The van der Waals surface area contributed by atoms with Crippen LogP contribution in [0, 0.1) is 0 Å². The molecule has 23 heavy (non-hydrogen) atoms. The van der Waals surface area contributed by atoms with Gasteiger partial charge in [-0.25, -0.2) is 13.4 Å². The second-order valence-corrected chi connectivity index (χ2v) is 9.14. The zero-order valence-corrected chi connectivity index (χ0v) is 15.9. The van der Waals surface area contributed by atoms with Gasteiger partial charge in [-0.3, -0.25) is 4.72 Å². The number of nitrogens with one attached hydrogen (secondary N) is 1. The molecule has 0 radical (unpaired) electrons. The Hall–Kier alpha value is -1.40. The molecule has 0 saturated heterocycles. The van der Waals surface area contributed by atoms with Gasteiger partial charge in [0.2, 0.25) is 10.0 Å². The average Bonchev–Trinajstić information content (AvgIpc) is 2.47. The van der Waals surface area contributed by atoms with Crippen LogP contribution in [0.2, 0.25) is 0 Å². The number of benzene rings is 1. The van der Waals surface area contributed by atoms with Crippen molar-refractivity contribution in [2.45, 2.75) is 32.6 Å². The van der Waals surface area contributed by atoms with Gasteiger partial charge in [0.05, 0.1) is 17.6 Å². The molecule has 0 amide bonds. The van der Waals surface area contributed by atoms with Crippen molar-refractivity contribution in [2.75, 3.05) is 10.5 Å². The van der Waals surface area contributed by atoms with Gasteiger partial charge in [0.25, 0.3) is 0 Å². The summed E-state index contributed by atoms with van der Waals surface area (Å²) in [5.41, 5.74) is 2.82. The number of rotatable bonds is 5.